The zero-order valence-electron chi connectivity index (χ0n) is 13.1. The van der Waals surface area contributed by atoms with Crippen molar-refractivity contribution in [2.75, 3.05) is 18.0 Å². The van der Waals surface area contributed by atoms with Crippen LogP contribution in [-0.4, -0.2) is 33.7 Å². The van der Waals surface area contributed by atoms with Gasteiger partial charge in [-0.3, -0.25) is 4.79 Å². The zero-order valence-corrected chi connectivity index (χ0v) is 14.1. The van der Waals surface area contributed by atoms with E-state index in [0.717, 1.165) is 25.2 Å². The van der Waals surface area contributed by atoms with Gasteiger partial charge < -0.3 is 16.0 Å². The number of hydrogen-bond acceptors (Lipinski definition) is 3. The fourth-order valence-corrected chi connectivity index (χ4v) is 2.87. The first-order chi connectivity index (χ1) is 9.74. The number of aryl methyl sites for hydroxylation is 1. The van der Waals surface area contributed by atoms with Crippen LogP contribution in [0.5, 0.6) is 0 Å². The molecule has 1 atom stereocenters. The Morgan fingerprint density at radius 1 is 1.43 bits per heavy atom. The van der Waals surface area contributed by atoms with Crippen molar-refractivity contribution in [2.45, 2.75) is 18.9 Å². The predicted octanol–water partition coefficient (Wildman–Crippen LogP) is -0.922. The van der Waals surface area contributed by atoms with E-state index in [1.807, 2.05) is 35.6 Å². The van der Waals surface area contributed by atoms with Gasteiger partial charge in [0.2, 0.25) is 0 Å². The number of carboxylic acids is 1. The number of para-hydroxylation sites is 1. The Kier molecular flexibility index (Phi) is 5.45. The van der Waals surface area contributed by atoms with Gasteiger partial charge in [0.1, 0.15) is 6.54 Å². The van der Waals surface area contributed by atoms with Gasteiger partial charge in [-0.15, -0.1) is 0 Å². The molecule has 0 fully saturated rings. The number of imidazole rings is 1. The minimum atomic E-state index is -0.782. The number of aliphatic carboxylic acids is 1. The standard InChI is InChI=1S/C15H17N3O2.Na.H/c19-15(20)10-18-9-12(5-7-17-8-6-16-11-17)13-3-1-2-4-14(13)18;;/h1-4,6,8,11-12H,5,7,9-10H2,(H,19,20);;/q;+1;-1. The molecule has 0 aliphatic carbocycles. The molecule has 1 aromatic carbocycles. The third-order valence-electron chi connectivity index (χ3n) is 3.78. The third-order valence-corrected chi connectivity index (χ3v) is 3.78. The van der Waals surface area contributed by atoms with Gasteiger partial charge in [0.25, 0.3) is 0 Å². The number of rotatable bonds is 5. The molecular formula is C15H18N3NaO2. The molecule has 1 aliphatic rings. The van der Waals surface area contributed by atoms with Crippen LogP contribution < -0.4 is 34.5 Å². The van der Waals surface area contributed by atoms with E-state index >= 15 is 0 Å². The molecule has 0 radical (unpaired) electrons. The van der Waals surface area contributed by atoms with Gasteiger partial charge in [-0.1, -0.05) is 18.2 Å². The van der Waals surface area contributed by atoms with Crippen LogP contribution in [0.1, 0.15) is 19.3 Å². The molecule has 1 unspecified atom stereocenters. The van der Waals surface area contributed by atoms with E-state index in [0.29, 0.717) is 5.92 Å². The summed E-state index contributed by atoms with van der Waals surface area (Å²) in [7, 11) is 0. The van der Waals surface area contributed by atoms with E-state index in [1.165, 1.54) is 5.56 Å². The fourth-order valence-electron chi connectivity index (χ4n) is 2.87. The molecule has 0 saturated carbocycles. The van der Waals surface area contributed by atoms with Gasteiger partial charge in [-0.2, -0.15) is 0 Å². The normalized spacial score (nSPS) is 16.4. The monoisotopic (exact) mass is 295 g/mol. The number of nitrogens with zero attached hydrogens (tertiary/aromatic N) is 3. The molecule has 6 heteroatoms. The first kappa shape index (κ1) is 16.1. The Morgan fingerprint density at radius 3 is 2.95 bits per heavy atom. The number of fused-ring (bicyclic) bond motifs is 1. The Labute approximate surface area is 147 Å². The van der Waals surface area contributed by atoms with Crippen LogP contribution in [0.4, 0.5) is 5.69 Å². The number of carboxylic acid groups (broad SMARTS) is 1. The summed E-state index contributed by atoms with van der Waals surface area (Å²) in [5.74, 6) is -0.400. The zero-order chi connectivity index (χ0) is 13.9. The number of hydrogen-bond donors (Lipinski definition) is 1. The van der Waals surface area contributed by atoms with Gasteiger partial charge in [0, 0.05) is 37.1 Å². The van der Waals surface area contributed by atoms with Crippen LogP contribution >= 0.6 is 0 Å². The molecule has 2 heterocycles. The van der Waals surface area contributed by atoms with Crippen LogP contribution in [0.25, 0.3) is 0 Å². The smallest absolute Gasteiger partial charge is 1.00 e. The minimum Gasteiger partial charge on any atom is -1.00 e. The molecule has 1 aromatic heterocycles. The Morgan fingerprint density at radius 2 is 2.24 bits per heavy atom. The maximum atomic E-state index is 11.0. The summed E-state index contributed by atoms with van der Waals surface area (Å²) in [6.45, 7) is 1.75. The summed E-state index contributed by atoms with van der Waals surface area (Å²) < 4.78 is 2.06. The van der Waals surface area contributed by atoms with Crippen molar-refractivity contribution in [2.24, 2.45) is 0 Å². The van der Waals surface area contributed by atoms with Gasteiger partial charge in [0.15, 0.2) is 0 Å². The van der Waals surface area contributed by atoms with E-state index in [-0.39, 0.29) is 37.5 Å². The summed E-state index contributed by atoms with van der Waals surface area (Å²) in [5.41, 5.74) is 2.32. The molecule has 0 amide bonds. The van der Waals surface area contributed by atoms with Crippen LogP contribution in [0, 0.1) is 0 Å². The van der Waals surface area contributed by atoms with Gasteiger partial charge in [-0.05, 0) is 18.1 Å². The number of anilines is 1. The average Bonchev–Trinajstić information content (AvgIpc) is 3.05. The Bertz CT molecular complexity index is 607. The number of aromatic nitrogens is 2. The predicted molar refractivity (Wildman–Crippen MR) is 77.0 cm³/mol. The van der Waals surface area contributed by atoms with E-state index in [4.69, 9.17) is 5.11 Å². The molecule has 3 rings (SSSR count). The summed E-state index contributed by atoms with van der Waals surface area (Å²) in [6.07, 6.45) is 6.54. The Balaban J connectivity index is 0.00000121. The van der Waals surface area contributed by atoms with Crippen molar-refractivity contribution in [3.8, 4) is 0 Å². The van der Waals surface area contributed by atoms with Crippen molar-refractivity contribution in [1.29, 1.82) is 0 Å². The van der Waals surface area contributed by atoms with Crippen LogP contribution in [0.3, 0.4) is 0 Å². The topological polar surface area (TPSA) is 58.4 Å². The second-order valence-electron chi connectivity index (χ2n) is 5.12. The molecule has 0 bridgehead atoms. The van der Waals surface area contributed by atoms with E-state index in [9.17, 15) is 4.79 Å². The SMILES string of the molecule is O=C(O)CN1CC(CCn2ccnc2)c2ccccc21.[H-].[Na+]. The quantitative estimate of drug-likeness (QED) is 0.725. The van der Waals surface area contributed by atoms with E-state index < -0.39 is 5.97 Å². The van der Waals surface area contributed by atoms with Crippen molar-refractivity contribution in [3.05, 3.63) is 48.5 Å². The summed E-state index contributed by atoms with van der Waals surface area (Å²) >= 11 is 0. The largest absolute Gasteiger partial charge is 1.00 e. The van der Waals surface area contributed by atoms with Crippen molar-refractivity contribution < 1.29 is 40.9 Å². The molecule has 2 aromatic rings. The summed E-state index contributed by atoms with van der Waals surface area (Å²) in [5, 5.41) is 9.01. The molecule has 1 aliphatic heterocycles. The fraction of sp³-hybridized carbons (Fsp3) is 0.333. The number of carbonyl (C=O) groups is 1. The van der Waals surface area contributed by atoms with Crippen molar-refractivity contribution in [3.63, 3.8) is 0 Å². The molecule has 1 N–H and O–H groups in total. The molecular weight excluding hydrogens is 277 g/mol. The van der Waals surface area contributed by atoms with Crippen LogP contribution in [0.15, 0.2) is 43.0 Å². The molecule has 0 saturated heterocycles. The van der Waals surface area contributed by atoms with Gasteiger partial charge in [-0.25, -0.2) is 4.98 Å². The molecule has 106 valence electrons. The van der Waals surface area contributed by atoms with Crippen LogP contribution in [-0.2, 0) is 11.3 Å². The van der Waals surface area contributed by atoms with E-state index in [2.05, 4.69) is 15.6 Å². The average molecular weight is 295 g/mol. The summed E-state index contributed by atoms with van der Waals surface area (Å²) in [6, 6.07) is 8.10. The van der Waals surface area contributed by atoms with Crippen molar-refractivity contribution in [1.82, 2.24) is 9.55 Å². The second-order valence-corrected chi connectivity index (χ2v) is 5.12. The minimum absolute atomic E-state index is 0. The van der Waals surface area contributed by atoms with Crippen molar-refractivity contribution >= 4 is 11.7 Å². The van der Waals surface area contributed by atoms with Gasteiger partial charge >= 0.3 is 35.5 Å². The third kappa shape index (κ3) is 3.67. The first-order valence-corrected chi connectivity index (χ1v) is 6.75. The molecule has 0 spiro atoms. The van der Waals surface area contributed by atoms with E-state index in [1.54, 1.807) is 6.20 Å². The number of benzene rings is 1. The Hall–Kier alpha value is -1.30. The van der Waals surface area contributed by atoms with Gasteiger partial charge in [0.05, 0.1) is 6.33 Å². The molecule has 5 nitrogen and oxygen atoms in total. The van der Waals surface area contributed by atoms with Crippen LogP contribution in [0.2, 0.25) is 0 Å². The maximum absolute atomic E-state index is 11.0. The maximum Gasteiger partial charge on any atom is 1.00 e. The summed E-state index contributed by atoms with van der Waals surface area (Å²) in [4.78, 5) is 17.0. The molecule has 21 heavy (non-hydrogen) atoms. The first-order valence-electron chi connectivity index (χ1n) is 6.75. The second kappa shape index (κ2) is 7.11.